The molecule has 0 aromatic carbocycles. The van der Waals surface area contributed by atoms with E-state index in [0.29, 0.717) is 12.0 Å². The van der Waals surface area contributed by atoms with Gasteiger partial charge < -0.3 is 10.6 Å². The summed E-state index contributed by atoms with van der Waals surface area (Å²) in [6, 6.07) is 0.433. The van der Waals surface area contributed by atoms with Crippen LogP contribution in [0.25, 0.3) is 0 Å². The van der Waals surface area contributed by atoms with Gasteiger partial charge in [-0.15, -0.1) is 0 Å². The number of hydrogen-bond acceptors (Lipinski definition) is 2. The minimum absolute atomic E-state index is 0.211. The second-order valence-corrected chi connectivity index (χ2v) is 5.42. The molecular formula is C13H24N2O. The number of piperidine rings is 1. The van der Waals surface area contributed by atoms with Gasteiger partial charge in [0.2, 0.25) is 5.91 Å². The Kier molecular flexibility index (Phi) is 4.22. The molecule has 3 nitrogen and oxygen atoms in total. The lowest BCUT2D eigenvalue weighted by molar-refractivity contribution is -0.126. The highest BCUT2D eigenvalue weighted by Gasteiger charge is 2.27. The maximum atomic E-state index is 12.1. The van der Waals surface area contributed by atoms with Gasteiger partial charge in [-0.3, -0.25) is 4.79 Å². The first-order chi connectivity index (χ1) is 7.77. The Morgan fingerprint density at radius 2 is 2.00 bits per heavy atom. The fourth-order valence-corrected chi connectivity index (χ4v) is 2.91. The summed E-state index contributed by atoms with van der Waals surface area (Å²) in [4.78, 5) is 12.1. The number of rotatable bonds is 2. The van der Waals surface area contributed by atoms with E-state index in [1.54, 1.807) is 0 Å². The molecule has 2 fully saturated rings. The van der Waals surface area contributed by atoms with Crippen LogP contribution in [0.2, 0.25) is 0 Å². The van der Waals surface area contributed by atoms with Crippen molar-refractivity contribution >= 4 is 5.91 Å². The van der Waals surface area contributed by atoms with Crippen LogP contribution in [0.5, 0.6) is 0 Å². The van der Waals surface area contributed by atoms with Gasteiger partial charge in [-0.2, -0.15) is 0 Å². The zero-order chi connectivity index (χ0) is 11.4. The van der Waals surface area contributed by atoms with Crippen LogP contribution < -0.4 is 10.6 Å². The van der Waals surface area contributed by atoms with E-state index in [9.17, 15) is 4.79 Å². The van der Waals surface area contributed by atoms with Gasteiger partial charge in [0.05, 0.1) is 5.92 Å². The molecule has 1 heterocycles. The van der Waals surface area contributed by atoms with E-state index >= 15 is 0 Å². The van der Waals surface area contributed by atoms with E-state index in [2.05, 4.69) is 17.6 Å². The molecule has 1 saturated heterocycles. The van der Waals surface area contributed by atoms with E-state index in [1.807, 2.05) is 0 Å². The number of amides is 1. The second kappa shape index (κ2) is 5.67. The highest BCUT2D eigenvalue weighted by Crippen LogP contribution is 2.24. The summed E-state index contributed by atoms with van der Waals surface area (Å²) in [7, 11) is 0. The van der Waals surface area contributed by atoms with E-state index < -0.39 is 0 Å². The number of hydrogen-bond donors (Lipinski definition) is 2. The van der Waals surface area contributed by atoms with Gasteiger partial charge in [0.25, 0.3) is 0 Å². The Hall–Kier alpha value is -0.570. The van der Waals surface area contributed by atoms with Crippen LogP contribution >= 0.6 is 0 Å². The Balaban J connectivity index is 1.80. The summed E-state index contributed by atoms with van der Waals surface area (Å²) in [6.07, 6.45) is 7.25. The van der Waals surface area contributed by atoms with E-state index in [-0.39, 0.29) is 11.8 Å². The van der Waals surface area contributed by atoms with Crippen LogP contribution in [0.3, 0.4) is 0 Å². The Labute approximate surface area is 98.4 Å². The quantitative estimate of drug-likeness (QED) is 0.749. The van der Waals surface area contributed by atoms with Crippen LogP contribution in [0, 0.1) is 11.8 Å². The predicted octanol–water partition coefficient (Wildman–Crippen LogP) is 1.68. The first-order valence-electron chi connectivity index (χ1n) is 6.78. The van der Waals surface area contributed by atoms with Crippen molar-refractivity contribution in [2.45, 2.75) is 51.5 Å². The summed E-state index contributed by atoms with van der Waals surface area (Å²) in [6.45, 7) is 4.21. The molecule has 92 valence electrons. The molecule has 16 heavy (non-hydrogen) atoms. The summed E-state index contributed by atoms with van der Waals surface area (Å²) >= 11 is 0. The molecule has 2 N–H and O–H groups in total. The maximum Gasteiger partial charge on any atom is 0.224 e. The van der Waals surface area contributed by atoms with Gasteiger partial charge in [0.15, 0.2) is 0 Å². The van der Waals surface area contributed by atoms with Crippen molar-refractivity contribution in [1.29, 1.82) is 0 Å². The van der Waals surface area contributed by atoms with Crippen LogP contribution in [-0.4, -0.2) is 25.0 Å². The molecule has 2 unspecified atom stereocenters. The third-order valence-electron chi connectivity index (χ3n) is 4.11. The molecule has 2 aliphatic rings. The Bertz CT molecular complexity index is 236. The molecule has 0 bridgehead atoms. The fourth-order valence-electron chi connectivity index (χ4n) is 2.91. The number of carbonyl (C=O) groups excluding carboxylic acids is 1. The summed E-state index contributed by atoms with van der Waals surface area (Å²) in [5, 5.41) is 6.56. The Morgan fingerprint density at radius 1 is 1.19 bits per heavy atom. The van der Waals surface area contributed by atoms with Crippen LogP contribution in [0.1, 0.15) is 45.4 Å². The molecule has 1 saturated carbocycles. The molecule has 1 aliphatic heterocycles. The van der Waals surface area contributed by atoms with Crippen LogP contribution in [0.4, 0.5) is 0 Å². The van der Waals surface area contributed by atoms with Crippen molar-refractivity contribution in [3.05, 3.63) is 0 Å². The molecule has 0 spiro atoms. The molecule has 1 aliphatic carbocycles. The number of nitrogens with one attached hydrogen (secondary N) is 2. The van der Waals surface area contributed by atoms with Gasteiger partial charge in [-0.25, -0.2) is 0 Å². The van der Waals surface area contributed by atoms with Gasteiger partial charge >= 0.3 is 0 Å². The van der Waals surface area contributed by atoms with Crippen molar-refractivity contribution < 1.29 is 4.79 Å². The average Bonchev–Trinajstić information content (AvgIpc) is 2.33. The zero-order valence-corrected chi connectivity index (χ0v) is 10.3. The third kappa shape index (κ3) is 2.97. The van der Waals surface area contributed by atoms with E-state index in [0.717, 1.165) is 25.9 Å². The molecule has 0 radical (unpaired) electrons. The lowest BCUT2D eigenvalue weighted by Crippen LogP contribution is -2.47. The molecular weight excluding hydrogens is 200 g/mol. The van der Waals surface area contributed by atoms with Gasteiger partial charge in [0, 0.05) is 12.6 Å². The summed E-state index contributed by atoms with van der Waals surface area (Å²) < 4.78 is 0. The lowest BCUT2D eigenvalue weighted by atomic mass is 9.85. The van der Waals surface area contributed by atoms with Crippen LogP contribution in [0.15, 0.2) is 0 Å². The average molecular weight is 224 g/mol. The topological polar surface area (TPSA) is 41.1 Å². The van der Waals surface area contributed by atoms with Gasteiger partial charge in [-0.1, -0.05) is 19.8 Å². The minimum Gasteiger partial charge on any atom is -0.353 e. The Morgan fingerprint density at radius 3 is 2.69 bits per heavy atom. The van der Waals surface area contributed by atoms with E-state index in [1.165, 1.54) is 25.7 Å². The first-order valence-corrected chi connectivity index (χ1v) is 6.78. The zero-order valence-electron chi connectivity index (χ0n) is 10.3. The molecule has 2 rings (SSSR count). The van der Waals surface area contributed by atoms with Crippen molar-refractivity contribution in [1.82, 2.24) is 10.6 Å². The van der Waals surface area contributed by atoms with Crippen molar-refractivity contribution in [3.63, 3.8) is 0 Å². The van der Waals surface area contributed by atoms with Crippen molar-refractivity contribution in [2.24, 2.45) is 11.8 Å². The SMILES string of the molecule is CC1CCCCC1NC(=O)[C@H]1CCCNC1. The van der Waals surface area contributed by atoms with Crippen molar-refractivity contribution in [3.8, 4) is 0 Å². The highest BCUT2D eigenvalue weighted by molar-refractivity contribution is 5.79. The molecule has 0 aromatic heterocycles. The first kappa shape index (κ1) is 11.9. The molecule has 0 aromatic rings. The summed E-state index contributed by atoms with van der Waals surface area (Å²) in [5.41, 5.74) is 0. The molecule has 1 amide bonds. The standard InChI is InChI=1S/C13H24N2O/c1-10-5-2-3-7-12(10)15-13(16)11-6-4-8-14-9-11/h10-12,14H,2-9H2,1H3,(H,15,16)/t10?,11-,12?/m0/s1. The maximum absolute atomic E-state index is 12.1. The smallest absolute Gasteiger partial charge is 0.224 e. The monoisotopic (exact) mass is 224 g/mol. The van der Waals surface area contributed by atoms with Gasteiger partial charge in [0.1, 0.15) is 0 Å². The van der Waals surface area contributed by atoms with E-state index in [4.69, 9.17) is 0 Å². The normalized spacial score (nSPS) is 35.7. The second-order valence-electron chi connectivity index (χ2n) is 5.42. The largest absolute Gasteiger partial charge is 0.353 e. The number of carbonyl (C=O) groups is 1. The predicted molar refractivity (Wildman–Crippen MR) is 65.2 cm³/mol. The van der Waals surface area contributed by atoms with Crippen LogP contribution in [-0.2, 0) is 4.79 Å². The molecule has 3 heteroatoms. The fraction of sp³-hybridized carbons (Fsp3) is 0.923. The lowest BCUT2D eigenvalue weighted by Gasteiger charge is -2.31. The minimum atomic E-state index is 0.211. The van der Waals surface area contributed by atoms with Gasteiger partial charge in [-0.05, 0) is 38.1 Å². The van der Waals surface area contributed by atoms with Crippen molar-refractivity contribution in [2.75, 3.05) is 13.1 Å². The third-order valence-corrected chi connectivity index (χ3v) is 4.11. The summed E-state index contributed by atoms with van der Waals surface area (Å²) in [5.74, 6) is 1.16. The highest BCUT2D eigenvalue weighted by atomic mass is 16.2. The molecule has 3 atom stereocenters.